The number of rotatable bonds is 5. The highest BCUT2D eigenvalue weighted by molar-refractivity contribution is 6.08. The summed E-state index contributed by atoms with van der Waals surface area (Å²) in [5, 5.41) is 0. The van der Waals surface area contributed by atoms with Gasteiger partial charge in [-0.2, -0.15) is 0 Å². The standard InChI is InChI=1S/C22H22FNO4/c1-14(2)28-22(27)20-18(16-8-10-17(23)11-9-16)12-19(25)24(21(20)26)13-15-6-4-3-5-7-15/h3-11,14,18,20H,12-13H2,1-2H3/t18-,20-/m0/s1. The van der Waals surface area contributed by atoms with Crippen molar-refractivity contribution in [2.75, 3.05) is 0 Å². The molecule has 1 fully saturated rings. The van der Waals surface area contributed by atoms with Crippen molar-refractivity contribution >= 4 is 17.8 Å². The molecule has 0 N–H and O–H groups in total. The summed E-state index contributed by atoms with van der Waals surface area (Å²) in [4.78, 5) is 39.7. The predicted molar refractivity (Wildman–Crippen MR) is 100 cm³/mol. The Morgan fingerprint density at radius 2 is 1.75 bits per heavy atom. The zero-order chi connectivity index (χ0) is 20.3. The number of nitrogens with zero attached hydrogens (tertiary/aromatic N) is 1. The Kier molecular flexibility index (Phi) is 5.87. The zero-order valence-corrected chi connectivity index (χ0v) is 15.8. The Hall–Kier alpha value is -3.02. The monoisotopic (exact) mass is 383 g/mol. The van der Waals surface area contributed by atoms with Crippen LogP contribution in [0, 0.1) is 11.7 Å². The number of ether oxygens (including phenoxy) is 1. The number of likely N-dealkylation sites (tertiary alicyclic amines) is 1. The summed E-state index contributed by atoms with van der Waals surface area (Å²) in [5.74, 6) is -3.87. The minimum absolute atomic E-state index is 0.0257. The SMILES string of the molecule is CC(C)OC(=O)[C@@H]1C(=O)N(Cc2ccccc2)C(=O)C[C@H]1c1ccc(F)cc1. The van der Waals surface area contributed by atoms with Gasteiger partial charge in [0.15, 0.2) is 0 Å². The largest absolute Gasteiger partial charge is 0.462 e. The number of halogens is 1. The summed E-state index contributed by atoms with van der Waals surface area (Å²) in [6.07, 6.45) is -0.420. The lowest BCUT2D eigenvalue weighted by Gasteiger charge is -2.35. The molecule has 0 radical (unpaired) electrons. The second kappa shape index (κ2) is 8.33. The number of piperidine rings is 1. The van der Waals surface area contributed by atoms with E-state index in [1.54, 1.807) is 13.8 Å². The summed E-state index contributed by atoms with van der Waals surface area (Å²) >= 11 is 0. The molecule has 0 bridgehead atoms. The zero-order valence-electron chi connectivity index (χ0n) is 15.8. The normalized spacial score (nSPS) is 19.8. The van der Waals surface area contributed by atoms with Crippen molar-refractivity contribution in [3.05, 3.63) is 71.5 Å². The molecule has 0 aromatic heterocycles. The minimum Gasteiger partial charge on any atom is -0.462 e. The van der Waals surface area contributed by atoms with E-state index in [0.29, 0.717) is 5.56 Å². The van der Waals surface area contributed by atoms with Crippen LogP contribution >= 0.6 is 0 Å². The summed E-state index contributed by atoms with van der Waals surface area (Å²) in [6, 6.07) is 14.6. The first-order valence-corrected chi connectivity index (χ1v) is 9.21. The van der Waals surface area contributed by atoms with E-state index in [1.165, 1.54) is 24.3 Å². The number of hydrogen-bond donors (Lipinski definition) is 0. The van der Waals surface area contributed by atoms with Crippen molar-refractivity contribution in [1.82, 2.24) is 4.90 Å². The van der Waals surface area contributed by atoms with Crippen LogP contribution in [0.15, 0.2) is 54.6 Å². The molecule has 146 valence electrons. The van der Waals surface area contributed by atoms with E-state index < -0.39 is 35.6 Å². The van der Waals surface area contributed by atoms with E-state index in [1.807, 2.05) is 30.3 Å². The highest BCUT2D eigenvalue weighted by Crippen LogP contribution is 2.36. The summed E-state index contributed by atoms with van der Waals surface area (Å²) in [7, 11) is 0. The second-order valence-corrected chi connectivity index (χ2v) is 7.13. The number of amides is 2. The van der Waals surface area contributed by atoms with Crippen LogP contribution in [0.25, 0.3) is 0 Å². The van der Waals surface area contributed by atoms with Crippen molar-refractivity contribution in [1.29, 1.82) is 0 Å². The van der Waals surface area contributed by atoms with E-state index in [4.69, 9.17) is 4.74 Å². The Balaban J connectivity index is 1.93. The van der Waals surface area contributed by atoms with Crippen LogP contribution in [0.5, 0.6) is 0 Å². The Bertz CT molecular complexity index is 864. The quantitative estimate of drug-likeness (QED) is 0.451. The summed E-state index contributed by atoms with van der Waals surface area (Å²) in [5.41, 5.74) is 1.36. The third-order valence-corrected chi connectivity index (χ3v) is 4.72. The van der Waals surface area contributed by atoms with Crippen LogP contribution in [0.3, 0.4) is 0 Å². The fraction of sp³-hybridized carbons (Fsp3) is 0.318. The highest BCUT2D eigenvalue weighted by atomic mass is 19.1. The molecule has 0 aliphatic carbocycles. The molecule has 0 unspecified atom stereocenters. The van der Waals surface area contributed by atoms with Crippen LogP contribution in [0.4, 0.5) is 4.39 Å². The first-order valence-electron chi connectivity index (χ1n) is 9.21. The molecule has 2 aromatic rings. The number of esters is 1. The number of carbonyl (C=O) groups excluding carboxylic acids is 3. The van der Waals surface area contributed by atoms with E-state index >= 15 is 0 Å². The highest BCUT2D eigenvalue weighted by Gasteiger charge is 2.47. The number of imide groups is 1. The lowest BCUT2D eigenvalue weighted by Crippen LogP contribution is -2.51. The fourth-order valence-electron chi connectivity index (χ4n) is 3.40. The molecule has 2 amide bonds. The second-order valence-electron chi connectivity index (χ2n) is 7.13. The molecule has 1 aliphatic heterocycles. The fourth-order valence-corrected chi connectivity index (χ4v) is 3.40. The van der Waals surface area contributed by atoms with Crippen LogP contribution < -0.4 is 0 Å². The molecular formula is C22H22FNO4. The third kappa shape index (κ3) is 4.27. The topological polar surface area (TPSA) is 63.7 Å². The Morgan fingerprint density at radius 3 is 2.36 bits per heavy atom. The van der Waals surface area contributed by atoms with Gasteiger partial charge >= 0.3 is 5.97 Å². The maximum Gasteiger partial charge on any atom is 0.319 e. The van der Waals surface area contributed by atoms with Gasteiger partial charge in [0.25, 0.3) is 0 Å². The van der Waals surface area contributed by atoms with Crippen LogP contribution in [0.2, 0.25) is 0 Å². The molecule has 1 heterocycles. The van der Waals surface area contributed by atoms with E-state index in [-0.39, 0.29) is 18.9 Å². The summed E-state index contributed by atoms with van der Waals surface area (Å²) < 4.78 is 18.6. The molecule has 28 heavy (non-hydrogen) atoms. The van der Waals surface area contributed by atoms with Gasteiger partial charge in [-0.3, -0.25) is 19.3 Å². The van der Waals surface area contributed by atoms with Crippen molar-refractivity contribution in [2.45, 2.75) is 38.8 Å². The molecule has 5 nitrogen and oxygen atoms in total. The van der Waals surface area contributed by atoms with Gasteiger partial charge in [-0.1, -0.05) is 42.5 Å². The maximum absolute atomic E-state index is 13.3. The first-order chi connectivity index (χ1) is 13.4. The average Bonchev–Trinajstić information content (AvgIpc) is 2.65. The molecule has 1 saturated heterocycles. The molecule has 2 atom stereocenters. The van der Waals surface area contributed by atoms with Gasteiger partial charge in [-0.25, -0.2) is 4.39 Å². The molecule has 3 rings (SSSR count). The molecule has 0 spiro atoms. The van der Waals surface area contributed by atoms with Gasteiger partial charge in [0.05, 0.1) is 12.6 Å². The van der Waals surface area contributed by atoms with Crippen molar-refractivity contribution in [3.63, 3.8) is 0 Å². The van der Waals surface area contributed by atoms with Gasteiger partial charge in [-0.05, 0) is 37.1 Å². The number of carbonyl (C=O) groups is 3. The van der Waals surface area contributed by atoms with Crippen molar-refractivity contribution in [3.8, 4) is 0 Å². The molecule has 0 saturated carbocycles. The van der Waals surface area contributed by atoms with Crippen LogP contribution in [-0.4, -0.2) is 28.8 Å². The molecule has 2 aromatic carbocycles. The van der Waals surface area contributed by atoms with E-state index in [2.05, 4.69) is 0 Å². The Labute approximate surface area is 163 Å². The molecular weight excluding hydrogens is 361 g/mol. The number of benzene rings is 2. The van der Waals surface area contributed by atoms with E-state index in [9.17, 15) is 18.8 Å². The smallest absolute Gasteiger partial charge is 0.319 e. The minimum atomic E-state index is -1.14. The maximum atomic E-state index is 13.3. The number of hydrogen-bond acceptors (Lipinski definition) is 4. The van der Waals surface area contributed by atoms with Crippen LogP contribution in [-0.2, 0) is 25.7 Å². The lowest BCUT2D eigenvalue weighted by atomic mass is 9.79. The molecule has 6 heteroatoms. The van der Waals surface area contributed by atoms with E-state index in [0.717, 1.165) is 10.5 Å². The van der Waals surface area contributed by atoms with Gasteiger partial charge in [-0.15, -0.1) is 0 Å². The first kappa shape index (κ1) is 19.7. The van der Waals surface area contributed by atoms with Crippen molar-refractivity contribution < 1.29 is 23.5 Å². The third-order valence-electron chi connectivity index (χ3n) is 4.72. The lowest BCUT2D eigenvalue weighted by molar-refractivity contribution is -0.166. The Morgan fingerprint density at radius 1 is 1.11 bits per heavy atom. The van der Waals surface area contributed by atoms with Gasteiger partial charge < -0.3 is 4.74 Å². The summed E-state index contributed by atoms with van der Waals surface area (Å²) in [6.45, 7) is 3.50. The van der Waals surface area contributed by atoms with Gasteiger partial charge in [0.1, 0.15) is 11.7 Å². The van der Waals surface area contributed by atoms with Gasteiger partial charge in [0.2, 0.25) is 11.8 Å². The average molecular weight is 383 g/mol. The molecule has 1 aliphatic rings. The van der Waals surface area contributed by atoms with Crippen molar-refractivity contribution in [2.24, 2.45) is 5.92 Å². The predicted octanol–water partition coefficient (Wildman–Crippen LogP) is 3.44. The van der Waals surface area contributed by atoms with Crippen LogP contribution in [0.1, 0.15) is 37.3 Å². The van der Waals surface area contributed by atoms with Gasteiger partial charge in [0, 0.05) is 12.3 Å².